The van der Waals surface area contributed by atoms with Crippen molar-refractivity contribution >= 4 is 11.0 Å². The van der Waals surface area contributed by atoms with E-state index in [0.717, 1.165) is 5.52 Å². The third-order valence-corrected chi connectivity index (χ3v) is 1.73. The minimum atomic E-state index is -0.304. The van der Waals surface area contributed by atoms with Crippen LogP contribution in [0.1, 0.15) is 33.4 Å². The zero-order valence-corrected chi connectivity index (χ0v) is 10.9. The number of hydrogen-bond acceptors (Lipinski definition) is 2. The number of aromatic nitrogens is 3. The number of nitrogens with zero attached hydrogens (tertiary/aromatic N) is 3. The average Bonchev–Trinajstić information content (AvgIpc) is 2.64. The zero-order valence-electron chi connectivity index (χ0n) is 10.9. The van der Waals surface area contributed by atoms with E-state index in [1.165, 1.54) is 6.07 Å². The Labute approximate surface area is 96.3 Å². The lowest BCUT2D eigenvalue weighted by molar-refractivity contribution is 0.612. The fraction of sp³-hybridized carbons (Fsp3) is 0.500. The van der Waals surface area contributed by atoms with Crippen molar-refractivity contribution in [3.63, 3.8) is 0 Å². The molecular formula is C12H20FN3. The SMILES string of the molecule is CC.CC.Cc1nc2cn(C)nc2cc1F. The maximum absolute atomic E-state index is 12.9. The monoisotopic (exact) mass is 225 g/mol. The number of aryl methyl sites for hydroxylation is 2. The van der Waals surface area contributed by atoms with Crippen molar-refractivity contribution in [2.75, 3.05) is 0 Å². The highest BCUT2D eigenvalue weighted by Crippen LogP contribution is 2.12. The smallest absolute Gasteiger partial charge is 0.146 e. The number of pyridine rings is 1. The van der Waals surface area contributed by atoms with Crippen LogP contribution in [-0.2, 0) is 7.05 Å². The van der Waals surface area contributed by atoms with Crippen LogP contribution in [0.25, 0.3) is 11.0 Å². The first-order chi connectivity index (χ1) is 7.66. The molecule has 0 saturated heterocycles. The molecule has 0 aromatic carbocycles. The molecule has 2 rings (SSSR count). The molecule has 0 amide bonds. The van der Waals surface area contributed by atoms with Crippen molar-refractivity contribution in [2.24, 2.45) is 7.05 Å². The molecule has 4 heteroatoms. The maximum atomic E-state index is 12.9. The van der Waals surface area contributed by atoms with Crippen molar-refractivity contribution in [1.29, 1.82) is 0 Å². The summed E-state index contributed by atoms with van der Waals surface area (Å²) in [4.78, 5) is 4.04. The molecule has 0 aliphatic heterocycles. The minimum Gasteiger partial charge on any atom is -0.273 e. The number of rotatable bonds is 0. The van der Waals surface area contributed by atoms with Gasteiger partial charge < -0.3 is 0 Å². The lowest BCUT2D eigenvalue weighted by atomic mass is 10.3. The molecule has 90 valence electrons. The molecule has 0 aliphatic rings. The van der Waals surface area contributed by atoms with E-state index < -0.39 is 0 Å². The van der Waals surface area contributed by atoms with Crippen molar-refractivity contribution in [3.05, 3.63) is 23.8 Å². The summed E-state index contributed by atoms with van der Waals surface area (Å²) in [5.74, 6) is -0.304. The second-order valence-corrected chi connectivity index (χ2v) is 2.76. The highest BCUT2D eigenvalue weighted by molar-refractivity contribution is 5.73. The summed E-state index contributed by atoms with van der Waals surface area (Å²) in [5.41, 5.74) is 1.74. The van der Waals surface area contributed by atoms with Crippen LogP contribution in [-0.4, -0.2) is 14.8 Å². The van der Waals surface area contributed by atoms with Gasteiger partial charge in [0.05, 0.1) is 11.9 Å². The third kappa shape index (κ3) is 3.29. The first kappa shape index (κ1) is 14.6. The molecule has 3 nitrogen and oxygen atoms in total. The Kier molecular flexibility index (Phi) is 6.30. The van der Waals surface area contributed by atoms with Crippen molar-refractivity contribution in [1.82, 2.24) is 14.8 Å². The van der Waals surface area contributed by atoms with Crippen LogP contribution < -0.4 is 0 Å². The van der Waals surface area contributed by atoms with Crippen LogP contribution in [0, 0.1) is 12.7 Å². The van der Waals surface area contributed by atoms with Gasteiger partial charge in [0.1, 0.15) is 16.9 Å². The highest BCUT2D eigenvalue weighted by atomic mass is 19.1. The van der Waals surface area contributed by atoms with E-state index in [0.29, 0.717) is 11.2 Å². The molecule has 0 saturated carbocycles. The van der Waals surface area contributed by atoms with Gasteiger partial charge in [-0.15, -0.1) is 0 Å². The van der Waals surface area contributed by atoms with Crippen molar-refractivity contribution < 1.29 is 4.39 Å². The van der Waals surface area contributed by atoms with Gasteiger partial charge in [0, 0.05) is 13.1 Å². The van der Waals surface area contributed by atoms with Crippen LogP contribution in [0.2, 0.25) is 0 Å². The second kappa shape index (κ2) is 6.93. The van der Waals surface area contributed by atoms with E-state index in [2.05, 4.69) is 10.1 Å². The molecule has 0 aliphatic carbocycles. The summed E-state index contributed by atoms with van der Waals surface area (Å²) < 4.78 is 14.6. The Morgan fingerprint density at radius 2 is 1.69 bits per heavy atom. The molecule has 16 heavy (non-hydrogen) atoms. The van der Waals surface area contributed by atoms with E-state index in [4.69, 9.17) is 0 Å². The van der Waals surface area contributed by atoms with Gasteiger partial charge in [-0.2, -0.15) is 5.10 Å². The van der Waals surface area contributed by atoms with E-state index in [1.807, 2.05) is 27.7 Å². The van der Waals surface area contributed by atoms with Crippen molar-refractivity contribution in [2.45, 2.75) is 34.6 Å². The molecule has 0 bridgehead atoms. The van der Waals surface area contributed by atoms with Gasteiger partial charge in [0.15, 0.2) is 0 Å². The Bertz CT molecular complexity index is 396. The molecule has 0 N–H and O–H groups in total. The fourth-order valence-corrected chi connectivity index (χ4v) is 1.14. The van der Waals surface area contributed by atoms with E-state index >= 15 is 0 Å². The molecular weight excluding hydrogens is 205 g/mol. The topological polar surface area (TPSA) is 30.7 Å². The standard InChI is InChI=1S/C8H8FN3.2C2H6/c1-5-6(9)3-7-8(10-5)4-12(2)11-7;2*1-2/h3-4H,1-2H3;2*1-2H3. The van der Waals surface area contributed by atoms with Crippen LogP contribution >= 0.6 is 0 Å². The number of fused-ring (bicyclic) bond motifs is 1. The maximum Gasteiger partial charge on any atom is 0.146 e. The molecule has 2 aromatic rings. The largest absolute Gasteiger partial charge is 0.273 e. The van der Waals surface area contributed by atoms with Gasteiger partial charge in [-0.25, -0.2) is 9.37 Å². The molecule has 0 spiro atoms. The van der Waals surface area contributed by atoms with Gasteiger partial charge >= 0.3 is 0 Å². The first-order valence-corrected chi connectivity index (χ1v) is 5.63. The van der Waals surface area contributed by atoms with Gasteiger partial charge in [-0.1, -0.05) is 27.7 Å². The number of halogens is 1. The molecule has 0 atom stereocenters. The molecule has 0 fully saturated rings. The molecule has 2 aromatic heterocycles. The summed E-state index contributed by atoms with van der Waals surface area (Å²) in [6.45, 7) is 9.64. The summed E-state index contributed by atoms with van der Waals surface area (Å²) in [5, 5.41) is 4.03. The van der Waals surface area contributed by atoms with Gasteiger partial charge in [-0.3, -0.25) is 4.68 Å². The van der Waals surface area contributed by atoms with Crippen LogP contribution in [0.4, 0.5) is 4.39 Å². The predicted octanol–water partition coefficient (Wildman–Crippen LogP) is 3.47. The van der Waals surface area contributed by atoms with Crippen LogP contribution in [0.5, 0.6) is 0 Å². The van der Waals surface area contributed by atoms with Gasteiger partial charge in [-0.05, 0) is 6.92 Å². The summed E-state index contributed by atoms with van der Waals surface area (Å²) in [6.07, 6.45) is 1.77. The predicted molar refractivity (Wildman–Crippen MR) is 65.9 cm³/mol. The molecule has 0 unspecified atom stereocenters. The Hall–Kier alpha value is -1.45. The molecule has 2 heterocycles. The summed E-state index contributed by atoms with van der Waals surface area (Å²) >= 11 is 0. The summed E-state index contributed by atoms with van der Waals surface area (Å²) in [6, 6.07) is 1.40. The second-order valence-electron chi connectivity index (χ2n) is 2.76. The van der Waals surface area contributed by atoms with E-state index in [-0.39, 0.29) is 5.82 Å². The minimum absolute atomic E-state index is 0.304. The quantitative estimate of drug-likeness (QED) is 0.687. The average molecular weight is 225 g/mol. The highest BCUT2D eigenvalue weighted by Gasteiger charge is 2.04. The number of hydrogen-bond donors (Lipinski definition) is 0. The van der Waals surface area contributed by atoms with E-state index in [1.54, 1.807) is 24.9 Å². The fourth-order valence-electron chi connectivity index (χ4n) is 1.14. The van der Waals surface area contributed by atoms with E-state index in [9.17, 15) is 4.39 Å². The van der Waals surface area contributed by atoms with Gasteiger partial charge in [0.2, 0.25) is 0 Å². The Morgan fingerprint density at radius 1 is 1.12 bits per heavy atom. The summed E-state index contributed by atoms with van der Waals surface area (Å²) in [7, 11) is 1.79. The lowest BCUT2D eigenvalue weighted by Gasteiger charge is -1.92. The van der Waals surface area contributed by atoms with Crippen molar-refractivity contribution in [3.8, 4) is 0 Å². The Balaban J connectivity index is 0.000000509. The van der Waals surface area contributed by atoms with Crippen LogP contribution in [0.15, 0.2) is 12.3 Å². The third-order valence-electron chi connectivity index (χ3n) is 1.73. The normalized spacial score (nSPS) is 8.94. The Morgan fingerprint density at radius 3 is 2.25 bits per heavy atom. The zero-order chi connectivity index (χ0) is 12.7. The molecule has 0 radical (unpaired) electrons. The van der Waals surface area contributed by atoms with Crippen LogP contribution in [0.3, 0.4) is 0 Å². The first-order valence-electron chi connectivity index (χ1n) is 5.63. The van der Waals surface area contributed by atoms with Gasteiger partial charge in [0.25, 0.3) is 0 Å². The lowest BCUT2D eigenvalue weighted by Crippen LogP contribution is -1.87.